The van der Waals surface area contributed by atoms with Gasteiger partial charge in [-0.05, 0) is 31.7 Å². The second-order valence-electron chi connectivity index (χ2n) is 3.43. The van der Waals surface area contributed by atoms with Gasteiger partial charge in [-0.25, -0.2) is 0 Å². The third-order valence-corrected chi connectivity index (χ3v) is 3.00. The van der Waals surface area contributed by atoms with E-state index in [1.165, 1.54) is 19.4 Å². The largest absolute Gasteiger partial charge is 0.314 e. The van der Waals surface area contributed by atoms with Crippen molar-refractivity contribution in [3.05, 3.63) is 0 Å². The minimum Gasteiger partial charge on any atom is -0.314 e. The average molecular weight is 127 g/mol. The van der Waals surface area contributed by atoms with Crippen LogP contribution in [0.2, 0.25) is 0 Å². The molecule has 1 unspecified atom stereocenters. The summed E-state index contributed by atoms with van der Waals surface area (Å²) < 4.78 is 0. The van der Waals surface area contributed by atoms with Crippen molar-refractivity contribution in [2.24, 2.45) is 5.41 Å². The lowest BCUT2D eigenvalue weighted by Crippen LogP contribution is -2.30. The average Bonchev–Trinajstić information content (AvgIpc) is 2.15. The Kier molecular flexibility index (Phi) is 1.80. The van der Waals surface area contributed by atoms with Gasteiger partial charge in [0.2, 0.25) is 0 Å². The summed E-state index contributed by atoms with van der Waals surface area (Å²) in [7, 11) is 0. The van der Waals surface area contributed by atoms with Gasteiger partial charge in [0.25, 0.3) is 0 Å². The van der Waals surface area contributed by atoms with Crippen LogP contribution in [0.25, 0.3) is 0 Å². The monoisotopic (exact) mass is 127 g/mol. The lowest BCUT2D eigenvalue weighted by Gasteiger charge is -2.26. The number of rotatable bonds is 1. The van der Waals surface area contributed by atoms with Crippen molar-refractivity contribution < 1.29 is 0 Å². The number of hydrogen-bond acceptors (Lipinski definition) is 1. The molecule has 54 valence electrons. The van der Waals surface area contributed by atoms with Gasteiger partial charge >= 0.3 is 0 Å². The van der Waals surface area contributed by atoms with E-state index in [0.717, 1.165) is 6.04 Å². The lowest BCUT2D eigenvalue weighted by atomic mass is 9.81. The molecule has 1 N–H and O–H groups in total. The topological polar surface area (TPSA) is 12.0 Å². The minimum absolute atomic E-state index is 0.583. The Balaban J connectivity index is 2.56. The lowest BCUT2D eigenvalue weighted by molar-refractivity contribution is 0.283. The van der Waals surface area contributed by atoms with Crippen molar-refractivity contribution in [2.75, 3.05) is 6.54 Å². The Labute approximate surface area is 57.8 Å². The number of hydrogen-bond donors (Lipinski definition) is 1. The predicted octanol–water partition coefficient (Wildman–Crippen LogP) is 1.78. The van der Waals surface area contributed by atoms with Crippen LogP contribution in [0, 0.1) is 5.41 Å². The summed E-state index contributed by atoms with van der Waals surface area (Å²) in [5, 5.41) is 3.46. The van der Waals surface area contributed by atoms with Crippen molar-refractivity contribution in [1.29, 1.82) is 0 Å². The van der Waals surface area contributed by atoms with Crippen molar-refractivity contribution in [3.8, 4) is 0 Å². The quantitative estimate of drug-likeness (QED) is 0.566. The van der Waals surface area contributed by atoms with Crippen molar-refractivity contribution >= 4 is 0 Å². The van der Waals surface area contributed by atoms with Gasteiger partial charge in [0.1, 0.15) is 0 Å². The molecule has 1 aliphatic heterocycles. The van der Waals surface area contributed by atoms with Crippen LogP contribution in [0.1, 0.15) is 33.6 Å². The molecule has 0 saturated carbocycles. The SMILES string of the molecule is CCC1(C)CCN[C@H]1C. The molecule has 0 radical (unpaired) electrons. The smallest absolute Gasteiger partial charge is 0.00929 e. The maximum Gasteiger partial charge on any atom is 0.00929 e. The third kappa shape index (κ3) is 1.11. The Hall–Kier alpha value is -0.0400. The molecule has 1 aliphatic rings. The molecule has 0 bridgehead atoms. The van der Waals surface area contributed by atoms with Crippen LogP contribution >= 0.6 is 0 Å². The normalized spacial score (nSPS) is 43.7. The highest BCUT2D eigenvalue weighted by molar-refractivity contribution is 4.89. The van der Waals surface area contributed by atoms with Crippen LogP contribution in [0.5, 0.6) is 0 Å². The number of nitrogens with one attached hydrogen (secondary N) is 1. The first kappa shape index (κ1) is 7.07. The zero-order valence-corrected chi connectivity index (χ0v) is 6.70. The van der Waals surface area contributed by atoms with E-state index in [0.29, 0.717) is 5.41 Å². The molecule has 1 fully saturated rings. The Morgan fingerprint density at radius 1 is 1.67 bits per heavy atom. The van der Waals surface area contributed by atoms with E-state index < -0.39 is 0 Å². The summed E-state index contributed by atoms with van der Waals surface area (Å²) in [6, 6.07) is 0.725. The Morgan fingerprint density at radius 3 is 2.56 bits per heavy atom. The summed E-state index contributed by atoms with van der Waals surface area (Å²) in [4.78, 5) is 0. The highest BCUT2D eigenvalue weighted by Gasteiger charge is 2.33. The van der Waals surface area contributed by atoms with Gasteiger partial charge < -0.3 is 5.32 Å². The van der Waals surface area contributed by atoms with Gasteiger partial charge in [0.15, 0.2) is 0 Å². The highest BCUT2D eigenvalue weighted by atomic mass is 15.0. The zero-order chi connectivity index (χ0) is 6.91. The molecule has 1 heteroatoms. The van der Waals surface area contributed by atoms with E-state index in [-0.39, 0.29) is 0 Å². The summed E-state index contributed by atoms with van der Waals surface area (Å²) in [5.41, 5.74) is 0.583. The predicted molar refractivity (Wildman–Crippen MR) is 40.5 cm³/mol. The third-order valence-electron chi connectivity index (χ3n) is 3.00. The van der Waals surface area contributed by atoms with E-state index in [9.17, 15) is 0 Å². The van der Waals surface area contributed by atoms with Gasteiger partial charge in [-0.15, -0.1) is 0 Å². The second kappa shape index (κ2) is 2.30. The first-order chi connectivity index (χ1) is 4.19. The first-order valence-electron chi connectivity index (χ1n) is 3.92. The van der Waals surface area contributed by atoms with Crippen molar-refractivity contribution in [3.63, 3.8) is 0 Å². The van der Waals surface area contributed by atoms with Crippen LogP contribution in [-0.2, 0) is 0 Å². The maximum absolute atomic E-state index is 3.46. The fourth-order valence-electron chi connectivity index (χ4n) is 1.52. The van der Waals surface area contributed by atoms with Gasteiger partial charge in [0, 0.05) is 6.04 Å². The molecule has 0 aromatic rings. The molecule has 0 spiro atoms. The maximum atomic E-state index is 3.46. The van der Waals surface area contributed by atoms with Crippen LogP contribution in [0.3, 0.4) is 0 Å². The standard InChI is InChI=1S/C8H17N/c1-4-8(3)5-6-9-7(8)2/h7,9H,4-6H2,1-3H3/t7-,8?/m0/s1. The molecule has 2 atom stereocenters. The molecular weight excluding hydrogens is 110 g/mol. The summed E-state index contributed by atoms with van der Waals surface area (Å²) >= 11 is 0. The zero-order valence-electron chi connectivity index (χ0n) is 6.70. The van der Waals surface area contributed by atoms with Gasteiger partial charge in [-0.2, -0.15) is 0 Å². The van der Waals surface area contributed by atoms with Gasteiger partial charge in [-0.1, -0.05) is 13.8 Å². The Morgan fingerprint density at radius 2 is 2.33 bits per heavy atom. The molecule has 1 nitrogen and oxygen atoms in total. The molecule has 0 aromatic heterocycles. The minimum atomic E-state index is 0.583. The van der Waals surface area contributed by atoms with Gasteiger partial charge in [0.05, 0.1) is 0 Å². The summed E-state index contributed by atoms with van der Waals surface area (Å²) in [6.07, 6.45) is 2.66. The molecule has 0 amide bonds. The summed E-state index contributed by atoms with van der Waals surface area (Å²) in [6.45, 7) is 8.16. The molecule has 0 aromatic carbocycles. The second-order valence-corrected chi connectivity index (χ2v) is 3.43. The van der Waals surface area contributed by atoms with E-state index in [1.54, 1.807) is 0 Å². The molecule has 0 aliphatic carbocycles. The fraction of sp³-hybridized carbons (Fsp3) is 1.00. The van der Waals surface area contributed by atoms with E-state index in [4.69, 9.17) is 0 Å². The van der Waals surface area contributed by atoms with E-state index in [2.05, 4.69) is 26.1 Å². The molecule has 1 saturated heterocycles. The van der Waals surface area contributed by atoms with Gasteiger partial charge in [-0.3, -0.25) is 0 Å². The summed E-state index contributed by atoms with van der Waals surface area (Å²) in [5.74, 6) is 0. The molecule has 1 rings (SSSR count). The first-order valence-corrected chi connectivity index (χ1v) is 3.92. The molecule has 9 heavy (non-hydrogen) atoms. The molecular formula is C8H17N. The van der Waals surface area contributed by atoms with Crippen LogP contribution in [0.15, 0.2) is 0 Å². The van der Waals surface area contributed by atoms with Crippen LogP contribution in [0.4, 0.5) is 0 Å². The Bertz CT molecular complexity index is 101. The van der Waals surface area contributed by atoms with Crippen molar-refractivity contribution in [1.82, 2.24) is 5.32 Å². The van der Waals surface area contributed by atoms with Crippen LogP contribution in [-0.4, -0.2) is 12.6 Å². The van der Waals surface area contributed by atoms with Crippen molar-refractivity contribution in [2.45, 2.75) is 39.7 Å². The fourth-order valence-corrected chi connectivity index (χ4v) is 1.52. The highest BCUT2D eigenvalue weighted by Crippen LogP contribution is 2.33. The molecule has 1 heterocycles. The van der Waals surface area contributed by atoms with E-state index >= 15 is 0 Å². The van der Waals surface area contributed by atoms with E-state index in [1.807, 2.05) is 0 Å². The van der Waals surface area contributed by atoms with Crippen LogP contribution < -0.4 is 5.32 Å².